The molecule has 0 aromatic heterocycles. The molecule has 100 valence electrons. The number of ether oxygens (including phenoxy) is 1. The summed E-state index contributed by atoms with van der Waals surface area (Å²) >= 11 is 0. The van der Waals surface area contributed by atoms with Crippen molar-refractivity contribution < 1.29 is 18.3 Å². The van der Waals surface area contributed by atoms with Gasteiger partial charge in [0.15, 0.2) is 0 Å². The lowest BCUT2D eigenvalue weighted by Crippen LogP contribution is -2.18. The number of anilines is 1. The van der Waals surface area contributed by atoms with Crippen molar-refractivity contribution in [3.8, 4) is 0 Å². The van der Waals surface area contributed by atoms with Gasteiger partial charge in [-0.05, 0) is 25.0 Å². The van der Waals surface area contributed by atoms with E-state index in [9.17, 15) is 13.6 Å². The number of esters is 1. The third-order valence-electron chi connectivity index (χ3n) is 2.43. The fraction of sp³-hybridized carbons (Fsp3) is 0.462. The Balaban J connectivity index is 2.48. The fourth-order valence-electron chi connectivity index (χ4n) is 1.33. The zero-order chi connectivity index (χ0) is 13.5. The molecule has 0 bridgehead atoms. The Hall–Kier alpha value is -1.65. The predicted octanol–water partition coefficient (Wildman–Crippen LogP) is 3.03. The Bertz CT molecular complexity index is 422. The van der Waals surface area contributed by atoms with Gasteiger partial charge in [-0.3, -0.25) is 4.79 Å². The van der Waals surface area contributed by atoms with Crippen LogP contribution in [0.4, 0.5) is 14.5 Å². The van der Waals surface area contributed by atoms with Crippen LogP contribution in [0.15, 0.2) is 12.1 Å². The minimum Gasteiger partial charge on any atom is -0.464 e. The van der Waals surface area contributed by atoms with Gasteiger partial charge in [0.1, 0.15) is 18.2 Å². The molecule has 1 aromatic rings. The van der Waals surface area contributed by atoms with E-state index in [-0.39, 0.29) is 17.8 Å². The Labute approximate surface area is 105 Å². The van der Waals surface area contributed by atoms with E-state index in [2.05, 4.69) is 5.32 Å². The summed E-state index contributed by atoms with van der Waals surface area (Å²) in [5.41, 5.74) is 0.189. The summed E-state index contributed by atoms with van der Waals surface area (Å²) in [5.74, 6) is -1.59. The molecule has 0 saturated heterocycles. The molecule has 0 amide bonds. The number of rotatable bonds is 6. The SMILES string of the molecule is CCCCOC(=O)CNc1cc(F)c(C)cc1F. The summed E-state index contributed by atoms with van der Waals surface area (Å²) in [7, 11) is 0. The number of hydrogen-bond donors (Lipinski definition) is 1. The van der Waals surface area contributed by atoms with Gasteiger partial charge in [-0.15, -0.1) is 0 Å². The highest BCUT2D eigenvalue weighted by Crippen LogP contribution is 2.18. The lowest BCUT2D eigenvalue weighted by atomic mass is 10.2. The number of unbranched alkanes of at least 4 members (excludes halogenated alkanes) is 1. The molecule has 1 rings (SSSR count). The number of hydrogen-bond acceptors (Lipinski definition) is 3. The predicted molar refractivity (Wildman–Crippen MR) is 65.5 cm³/mol. The van der Waals surface area contributed by atoms with E-state index in [1.807, 2.05) is 6.92 Å². The molecule has 3 nitrogen and oxygen atoms in total. The smallest absolute Gasteiger partial charge is 0.325 e. The van der Waals surface area contributed by atoms with Crippen molar-refractivity contribution in [3.05, 3.63) is 29.3 Å². The van der Waals surface area contributed by atoms with E-state index >= 15 is 0 Å². The van der Waals surface area contributed by atoms with E-state index in [1.54, 1.807) is 0 Å². The Morgan fingerprint density at radius 2 is 2.06 bits per heavy atom. The summed E-state index contributed by atoms with van der Waals surface area (Å²) in [6.45, 7) is 3.63. The summed E-state index contributed by atoms with van der Waals surface area (Å²) in [6, 6.07) is 2.12. The van der Waals surface area contributed by atoms with Crippen molar-refractivity contribution in [2.45, 2.75) is 26.7 Å². The van der Waals surface area contributed by atoms with Gasteiger partial charge in [-0.2, -0.15) is 0 Å². The number of benzene rings is 1. The van der Waals surface area contributed by atoms with Gasteiger partial charge in [-0.1, -0.05) is 13.3 Å². The van der Waals surface area contributed by atoms with Crippen LogP contribution in [-0.4, -0.2) is 19.1 Å². The van der Waals surface area contributed by atoms with E-state index in [4.69, 9.17) is 4.74 Å². The normalized spacial score (nSPS) is 10.2. The van der Waals surface area contributed by atoms with Gasteiger partial charge in [0.05, 0.1) is 12.3 Å². The maximum atomic E-state index is 13.4. The van der Waals surface area contributed by atoms with Crippen LogP contribution >= 0.6 is 0 Å². The second-order valence-electron chi connectivity index (χ2n) is 4.01. The van der Waals surface area contributed by atoms with Crippen LogP contribution in [0.3, 0.4) is 0 Å². The first-order chi connectivity index (χ1) is 8.54. The van der Waals surface area contributed by atoms with Crippen molar-refractivity contribution >= 4 is 11.7 Å². The van der Waals surface area contributed by atoms with E-state index in [1.165, 1.54) is 6.92 Å². The van der Waals surface area contributed by atoms with Crippen LogP contribution < -0.4 is 5.32 Å². The number of carbonyl (C=O) groups is 1. The summed E-state index contributed by atoms with van der Waals surface area (Å²) in [6.07, 6.45) is 1.72. The topological polar surface area (TPSA) is 38.3 Å². The van der Waals surface area contributed by atoms with E-state index in [0.29, 0.717) is 6.61 Å². The van der Waals surface area contributed by atoms with E-state index in [0.717, 1.165) is 25.0 Å². The first-order valence-electron chi connectivity index (χ1n) is 5.89. The van der Waals surface area contributed by atoms with Crippen LogP contribution in [0.5, 0.6) is 0 Å². The van der Waals surface area contributed by atoms with Gasteiger partial charge in [-0.25, -0.2) is 8.78 Å². The molecular formula is C13H17F2NO2. The molecule has 0 atom stereocenters. The molecule has 0 spiro atoms. The molecule has 1 aromatic carbocycles. The van der Waals surface area contributed by atoms with E-state index < -0.39 is 17.6 Å². The highest BCUT2D eigenvalue weighted by molar-refractivity contribution is 5.75. The number of carbonyl (C=O) groups excluding carboxylic acids is 1. The minimum atomic E-state index is -0.588. The highest BCUT2D eigenvalue weighted by Gasteiger charge is 2.09. The summed E-state index contributed by atoms with van der Waals surface area (Å²) in [5, 5.41) is 2.52. The van der Waals surface area contributed by atoms with Crippen LogP contribution in [0.25, 0.3) is 0 Å². The number of nitrogens with one attached hydrogen (secondary N) is 1. The van der Waals surface area contributed by atoms with Crippen molar-refractivity contribution in [2.24, 2.45) is 0 Å². The van der Waals surface area contributed by atoms with Gasteiger partial charge in [0.25, 0.3) is 0 Å². The summed E-state index contributed by atoms with van der Waals surface area (Å²) in [4.78, 5) is 11.3. The maximum absolute atomic E-state index is 13.4. The average molecular weight is 257 g/mol. The molecule has 0 saturated carbocycles. The van der Waals surface area contributed by atoms with Crippen LogP contribution in [-0.2, 0) is 9.53 Å². The Morgan fingerprint density at radius 1 is 1.33 bits per heavy atom. The lowest BCUT2D eigenvalue weighted by molar-refractivity contribution is -0.141. The van der Waals surface area contributed by atoms with Crippen LogP contribution in [0.2, 0.25) is 0 Å². The van der Waals surface area contributed by atoms with Gasteiger partial charge >= 0.3 is 5.97 Å². The Morgan fingerprint density at radius 3 is 2.72 bits per heavy atom. The molecule has 0 aliphatic heterocycles. The van der Waals surface area contributed by atoms with Gasteiger partial charge in [0, 0.05) is 6.07 Å². The van der Waals surface area contributed by atoms with Crippen molar-refractivity contribution in [2.75, 3.05) is 18.5 Å². The van der Waals surface area contributed by atoms with Crippen LogP contribution in [0, 0.1) is 18.6 Å². The van der Waals surface area contributed by atoms with Gasteiger partial charge < -0.3 is 10.1 Å². The molecule has 5 heteroatoms. The molecule has 0 radical (unpaired) electrons. The Kier molecular flexibility index (Phi) is 5.55. The van der Waals surface area contributed by atoms with Crippen molar-refractivity contribution in [3.63, 3.8) is 0 Å². The van der Waals surface area contributed by atoms with Crippen LogP contribution in [0.1, 0.15) is 25.3 Å². The molecule has 0 fully saturated rings. The highest BCUT2D eigenvalue weighted by atomic mass is 19.1. The molecule has 1 N–H and O–H groups in total. The second-order valence-corrected chi connectivity index (χ2v) is 4.01. The van der Waals surface area contributed by atoms with Gasteiger partial charge in [0.2, 0.25) is 0 Å². The first-order valence-corrected chi connectivity index (χ1v) is 5.89. The molecule has 0 aliphatic rings. The largest absolute Gasteiger partial charge is 0.464 e. The average Bonchev–Trinajstić information content (AvgIpc) is 2.32. The maximum Gasteiger partial charge on any atom is 0.325 e. The third-order valence-corrected chi connectivity index (χ3v) is 2.43. The summed E-state index contributed by atoms with van der Waals surface area (Å²) < 4.78 is 31.5. The zero-order valence-corrected chi connectivity index (χ0v) is 10.6. The molecule has 0 heterocycles. The minimum absolute atomic E-state index is 0.0365. The monoisotopic (exact) mass is 257 g/mol. The number of aryl methyl sites for hydroxylation is 1. The quantitative estimate of drug-likeness (QED) is 0.629. The molecule has 0 aliphatic carbocycles. The zero-order valence-electron chi connectivity index (χ0n) is 10.6. The molecule has 0 unspecified atom stereocenters. The van der Waals surface area contributed by atoms with Crippen molar-refractivity contribution in [1.82, 2.24) is 0 Å². The third kappa shape index (κ3) is 4.31. The fourth-order valence-corrected chi connectivity index (χ4v) is 1.33. The van der Waals surface area contributed by atoms with Crippen molar-refractivity contribution in [1.29, 1.82) is 0 Å². The standard InChI is InChI=1S/C13H17F2NO2/c1-3-4-5-18-13(17)8-16-12-7-10(14)9(2)6-11(12)15/h6-7,16H,3-5,8H2,1-2H3. The lowest BCUT2D eigenvalue weighted by Gasteiger charge is -2.09. The second kappa shape index (κ2) is 6.93. The first kappa shape index (κ1) is 14.4. The molecule has 18 heavy (non-hydrogen) atoms. The number of halogens is 2. The molecular weight excluding hydrogens is 240 g/mol.